The van der Waals surface area contributed by atoms with Gasteiger partial charge in [-0.15, -0.1) is 0 Å². The number of anilines is 1. The number of hydrogen-bond acceptors (Lipinski definition) is 3. The van der Waals surface area contributed by atoms with Crippen molar-refractivity contribution in [3.05, 3.63) is 81.5 Å². The van der Waals surface area contributed by atoms with Crippen molar-refractivity contribution in [2.75, 3.05) is 5.32 Å². The molecule has 134 valence electrons. The largest absolute Gasteiger partial charge is 0.448 e. The first kappa shape index (κ1) is 18.5. The molecule has 26 heavy (non-hydrogen) atoms. The molecule has 0 fully saturated rings. The first-order valence-electron chi connectivity index (χ1n) is 8.22. The Labute approximate surface area is 162 Å². The molecule has 0 atom stereocenters. The molecule has 3 aromatic rings. The third-order valence-corrected chi connectivity index (χ3v) is 4.72. The summed E-state index contributed by atoms with van der Waals surface area (Å²) in [6.45, 7) is 4.24. The number of nitrogens with one attached hydrogen (secondary N) is 1. The minimum Gasteiger partial charge on any atom is -0.448 e. The van der Waals surface area contributed by atoms with E-state index in [2.05, 4.69) is 24.1 Å². The van der Waals surface area contributed by atoms with E-state index in [1.165, 1.54) is 11.8 Å². The van der Waals surface area contributed by atoms with Gasteiger partial charge in [0.25, 0.3) is 5.91 Å². The smallest absolute Gasteiger partial charge is 0.277 e. The van der Waals surface area contributed by atoms with Crippen molar-refractivity contribution >= 4 is 34.8 Å². The van der Waals surface area contributed by atoms with E-state index < -0.39 is 0 Å². The highest BCUT2D eigenvalue weighted by molar-refractivity contribution is 6.36. The van der Waals surface area contributed by atoms with Crippen LogP contribution in [0.15, 0.2) is 53.1 Å². The van der Waals surface area contributed by atoms with Crippen LogP contribution in [0.1, 0.15) is 47.3 Å². The molecule has 0 radical (unpaired) electrons. The Bertz CT molecular complexity index is 898. The lowest BCUT2D eigenvalue weighted by molar-refractivity contribution is 0.102. The van der Waals surface area contributed by atoms with E-state index >= 15 is 0 Å². The highest BCUT2D eigenvalue weighted by Gasteiger charge is 2.15. The molecule has 0 saturated carbocycles. The zero-order valence-electron chi connectivity index (χ0n) is 14.4. The number of rotatable bonds is 5. The Hall–Kier alpha value is -2.30. The third kappa shape index (κ3) is 4.26. The summed E-state index contributed by atoms with van der Waals surface area (Å²) in [6, 6.07) is 13.0. The molecule has 0 aliphatic heterocycles. The van der Waals surface area contributed by atoms with E-state index in [4.69, 9.17) is 27.6 Å². The Balaban J connectivity index is 1.70. The molecule has 1 heterocycles. The van der Waals surface area contributed by atoms with Gasteiger partial charge in [-0.25, -0.2) is 4.98 Å². The number of halogens is 2. The molecular formula is C20H18Cl2N2O2. The number of hydrogen-bond donors (Lipinski definition) is 1. The normalized spacial score (nSPS) is 11.0. The highest BCUT2D eigenvalue weighted by atomic mass is 35.5. The maximum absolute atomic E-state index is 12.3. The van der Waals surface area contributed by atoms with Crippen molar-refractivity contribution in [3.8, 4) is 0 Å². The van der Waals surface area contributed by atoms with Crippen molar-refractivity contribution in [2.24, 2.45) is 0 Å². The lowest BCUT2D eigenvalue weighted by Crippen LogP contribution is -2.12. The minimum absolute atomic E-state index is 0.205. The Morgan fingerprint density at radius 1 is 1.12 bits per heavy atom. The minimum atomic E-state index is -0.331. The first-order valence-corrected chi connectivity index (χ1v) is 8.98. The summed E-state index contributed by atoms with van der Waals surface area (Å²) in [5.74, 6) is 0.484. The SMILES string of the molecule is CC(C)c1ccc(NC(=O)c2coc(Cc3c(Cl)cccc3Cl)n2)cc1. The molecule has 0 saturated heterocycles. The topological polar surface area (TPSA) is 55.1 Å². The lowest BCUT2D eigenvalue weighted by atomic mass is 10.0. The molecule has 0 bridgehead atoms. The lowest BCUT2D eigenvalue weighted by Gasteiger charge is -2.07. The summed E-state index contributed by atoms with van der Waals surface area (Å²) in [7, 11) is 0. The maximum atomic E-state index is 12.3. The number of nitrogens with zero attached hydrogens (tertiary/aromatic N) is 1. The van der Waals surface area contributed by atoms with Crippen LogP contribution >= 0.6 is 23.2 Å². The molecule has 0 unspecified atom stereocenters. The summed E-state index contributed by atoms with van der Waals surface area (Å²) in [6.07, 6.45) is 1.65. The number of carbonyl (C=O) groups excluding carboxylic acids is 1. The van der Waals surface area contributed by atoms with E-state index in [1.54, 1.807) is 18.2 Å². The molecular weight excluding hydrogens is 371 g/mol. The number of amides is 1. The second kappa shape index (κ2) is 7.94. The Morgan fingerprint density at radius 3 is 2.38 bits per heavy atom. The van der Waals surface area contributed by atoms with Crippen LogP contribution in [0.4, 0.5) is 5.69 Å². The fourth-order valence-electron chi connectivity index (χ4n) is 2.50. The number of carbonyl (C=O) groups is 1. The van der Waals surface area contributed by atoms with Crippen molar-refractivity contribution in [1.82, 2.24) is 4.98 Å². The molecule has 4 nitrogen and oxygen atoms in total. The van der Waals surface area contributed by atoms with E-state index in [1.807, 2.05) is 24.3 Å². The quantitative estimate of drug-likeness (QED) is 0.587. The van der Waals surface area contributed by atoms with Gasteiger partial charge in [0.1, 0.15) is 6.26 Å². The van der Waals surface area contributed by atoms with Crippen molar-refractivity contribution in [2.45, 2.75) is 26.2 Å². The summed E-state index contributed by atoms with van der Waals surface area (Å²) >= 11 is 12.3. The van der Waals surface area contributed by atoms with Gasteiger partial charge in [0.15, 0.2) is 11.6 Å². The molecule has 6 heteroatoms. The van der Waals surface area contributed by atoms with E-state index in [-0.39, 0.29) is 11.6 Å². The van der Waals surface area contributed by atoms with Crippen LogP contribution in [0.5, 0.6) is 0 Å². The van der Waals surface area contributed by atoms with Crippen LogP contribution in [0.2, 0.25) is 10.0 Å². The van der Waals surface area contributed by atoms with E-state index in [9.17, 15) is 4.79 Å². The summed E-state index contributed by atoms with van der Waals surface area (Å²) < 4.78 is 5.40. The fourth-order valence-corrected chi connectivity index (χ4v) is 3.03. The summed E-state index contributed by atoms with van der Waals surface area (Å²) in [4.78, 5) is 16.6. The van der Waals surface area contributed by atoms with E-state index in [0.717, 1.165) is 0 Å². The maximum Gasteiger partial charge on any atom is 0.277 e. The Kier molecular flexibility index (Phi) is 5.64. The zero-order chi connectivity index (χ0) is 18.7. The summed E-state index contributed by atoms with van der Waals surface area (Å²) in [5.41, 5.74) is 2.84. The van der Waals surface area contributed by atoms with Crippen molar-refractivity contribution in [1.29, 1.82) is 0 Å². The first-order chi connectivity index (χ1) is 12.4. The van der Waals surface area contributed by atoms with Crippen LogP contribution in [0.3, 0.4) is 0 Å². The molecule has 0 spiro atoms. The zero-order valence-corrected chi connectivity index (χ0v) is 15.9. The van der Waals surface area contributed by atoms with Gasteiger partial charge in [-0.1, -0.05) is 55.2 Å². The van der Waals surface area contributed by atoms with Gasteiger partial charge < -0.3 is 9.73 Å². The number of benzene rings is 2. The predicted molar refractivity (Wildman–Crippen MR) is 104 cm³/mol. The molecule has 2 aromatic carbocycles. The van der Waals surface area contributed by atoms with Crippen LogP contribution in [0.25, 0.3) is 0 Å². The number of aromatic nitrogens is 1. The van der Waals surface area contributed by atoms with Gasteiger partial charge in [-0.05, 0) is 41.3 Å². The molecule has 1 aromatic heterocycles. The molecule has 3 rings (SSSR count). The Morgan fingerprint density at radius 2 is 1.77 bits per heavy atom. The van der Waals surface area contributed by atoms with Crippen molar-refractivity contribution in [3.63, 3.8) is 0 Å². The van der Waals surface area contributed by atoms with Gasteiger partial charge >= 0.3 is 0 Å². The fraction of sp³-hybridized carbons (Fsp3) is 0.200. The monoisotopic (exact) mass is 388 g/mol. The number of oxazole rings is 1. The van der Waals surface area contributed by atoms with Gasteiger partial charge in [-0.2, -0.15) is 0 Å². The third-order valence-electron chi connectivity index (χ3n) is 4.01. The molecule has 0 aliphatic rings. The predicted octanol–water partition coefficient (Wildman–Crippen LogP) is 5.95. The molecule has 1 amide bonds. The van der Waals surface area contributed by atoms with Crippen LogP contribution in [-0.4, -0.2) is 10.9 Å². The van der Waals surface area contributed by atoms with Gasteiger partial charge in [0.2, 0.25) is 0 Å². The average molecular weight is 389 g/mol. The highest BCUT2D eigenvalue weighted by Crippen LogP contribution is 2.26. The van der Waals surface area contributed by atoms with Gasteiger partial charge in [0, 0.05) is 15.7 Å². The van der Waals surface area contributed by atoms with Crippen LogP contribution < -0.4 is 5.32 Å². The molecule has 1 N–H and O–H groups in total. The van der Waals surface area contributed by atoms with Crippen LogP contribution in [-0.2, 0) is 6.42 Å². The van der Waals surface area contributed by atoms with Gasteiger partial charge in [0.05, 0.1) is 6.42 Å². The standard InChI is InChI=1S/C20H18Cl2N2O2/c1-12(2)13-6-8-14(9-7-13)23-20(25)18-11-26-19(24-18)10-15-16(21)4-3-5-17(15)22/h3-9,11-12H,10H2,1-2H3,(H,23,25). The van der Waals surface area contributed by atoms with Crippen LogP contribution in [0, 0.1) is 0 Å². The average Bonchev–Trinajstić information content (AvgIpc) is 3.07. The summed E-state index contributed by atoms with van der Waals surface area (Å²) in [5, 5.41) is 3.88. The van der Waals surface area contributed by atoms with E-state index in [0.29, 0.717) is 39.5 Å². The second-order valence-electron chi connectivity index (χ2n) is 6.23. The van der Waals surface area contributed by atoms with Crippen molar-refractivity contribution < 1.29 is 9.21 Å². The second-order valence-corrected chi connectivity index (χ2v) is 7.05. The van der Waals surface area contributed by atoms with Gasteiger partial charge in [-0.3, -0.25) is 4.79 Å². The molecule has 0 aliphatic carbocycles.